The van der Waals surface area contributed by atoms with E-state index >= 15 is 0 Å². The van der Waals surface area contributed by atoms with Gasteiger partial charge in [0.25, 0.3) is 0 Å². The number of quaternary nitrogens is 1. The van der Waals surface area contributed by atoms with Crippen molar-refractivity contribution in [1.29, 1.82) is 0 Å². The van der Waals surface area contributed by atoms with Crippen LogP contribution in [-0.2, 0) is 4.57 Å². The second-order valence-electron chi connectivity index (χ2n) is 3.21. The van der Waals surface area contributed by atoms with Crippen molar-refractivity contribution >= 4 is 7.82 Å². The third-order valence-electron chi connectivity index (χ3n) is 0.771. The summed E-state index contributed by atoms with van der Waals surface area (Å²) in [5, 5.41) is 8.39. The molecule has 0 saturated carbocycles. The van der Waals surface area contributed by atoms with Crippen LogP contribution >= 0.6 is 7.82 Å². The number of likely N-dealkylation sites (N-methyl/N-ethyl adjacent to an activating group) is 1. The van der Waals surface area contributed by atoms with Crippen LogP contribution in [0.4, 0.5) is 0 Å². The molecule has 0 spiro atoms. The smallest absolute Gasteiger partial charge is 0.790 e. The van der Waals surface area contributed by atoms with Gasteiger partial charge in [-0.2, -0.15) is 0 Å². The van der Waals surface area contributed by atoms with Gasteiger partial charge in [-0.05, 0) is 0 Å². The molecular weight excluding hydrogens is 224 g/mol. The van der Waals surface area contributed by atoms with Crippen molar-refractivity contribution in [2.75, 3.05) is 34.3 Å². The van der Waals surface area contributed by atoms with Crippen molar-refractivity contribution in [3.63, 3.8) is 0 Å². The van der Waals surface area contributed by atoms with Gasteiger partial charge in [0.15, 0.2) is 0 Å². The zero-order chi connectivity index (χ0) is 10.4. The molecule has 0 aliphatic carbocycles. The first-order valence-electron chi connectivity index (χ1n) is 3.22. The van der Waals surface area contributed by atoms with Crippen LogP contribution in [0.2, 0.25) is 0 Å². The number of aliphatic hydroxyl groups is 1. The number of phosphoric acid groups is 1. The van der Waals surface area contributed by atoms with Gasteiger partial charge in [-0.15, -0.1) is 0 Å². The minimum atomic E-state index is -5.14. The van der Waals surface area contributed by atoms with Gasteiger partial charge in [-0.25, -0.2) is 0 Å². The van der Waals surface area contributed by atoms with Crippen molar-refractivity contribution in [2.45, 2.75) is 0 Å². The van der Waals surface area contributed by atoms with Crippen LogP contribution in [0.15, 0.2) is 0 Å². The molecule has 13 heavy (non-hydrogen) atoms. The van der Waals surface area contributed by atoms with E-state index in [1.807, 2.05) is 0 Å². The summed E-state index contributed by atoms with van der Waals surface area (Å²) >= 11 is 0. The van der Waals surface area contributed by atoms with E-state index in [1.54, 1.807) is 0 Å². The van der Waals surface area contributed by atoms with Crippen molar-refractivity contribution in [1.82, 2.24) is 0 Å². The predicted molar refractivity (Wildman–Crippen MR) is 39.8 cm³/mol. The summed E-state index contributed by atoms with van der Waals surface area (Å²) in [5.41, 5.74) is 0. The summed E-state index contributed by atoms with van der Waals surface area (Å²) in [4.78, 5) is 24.3. The molecule has 76 valence electrons. The maximum atomic E-state index is 8.66. The average Bonchev–Trinajstić information content (AvgIpc) is 1.54. The first kappa shape index (κ1) is 20.1. The molecule has 0 amide bonds. The number of hydrogen-bond acceptors (Lipinski definition) is 4. The van der Waals surface area contributed by atoms with Gasteiger partial charge in [0.05, 0.1) is 35.6 Å². The Kier molecular flexibility index (Phi) is 13.8. The standard InChI is InChI=1S/C5H14NO.K.H3O4P/c1-6(2,3)4-5-7;;1-5(2,3)4/h7H,4-5H2,1-3H3;;(H3,1,2,3,4)/q2*+1;/p-2. The van der Waals surface area contributed by atoms with E-state index < -0.39 is 7.82 Å². The van der Waals surface area contributed by atoms with Gasteiger partial charge in [0, 0.05) is 0 Å². The normalized spacial score (nSPS) is 11.0. The fourth-order valence-corrected chi connectivity index (χ4v) is 0.300. The van der Waals surface area contributed by atoms with E-state index in [4.69, 9.17) is 24.4 Å². The minimum Gasteiger partial charge on any atom is -0.790 e. The third-order valence-corrected chi connectivity index (χ3v) is 0.771. The van der Waals surface area contributed by atoms with Gasteiger partial charge in [0.2, 0.25) is 0 Å². The molecule has 0 aliphatic rings. The quantitative estimate of drug-likeness (QED) is 0.284. The molecule has 8 heteroatoms. The molecule has 0 bridgehead atoms. The van der Waals surface area contributed by atoms with E-state index in [0.29, 0.717) is 0 Å². The Morgan fingerprint density at radius 1 is 1.31 bits per heavy atom. The van der Waals surface area contributed by atoms with Crippen LogP contribution in [0.3, 0.4) is 0 Å². The van der Waals surface area contributed by atoms with Crippen LogP contribution in [0.1, 0.15) is 0 Å². The molecule has 0 unspecified atom stereocenters. The molecule has 0 aromatic rings. The van der Waals surface area contributed by atoms with Gasteiger partial charge >= 0.3 is 51.4 Å². The Bertz CT molecular complexity index is 145. The summed E-state index contributed by atoms with van der Waals surface area (Å²) in [6.07, 6.45) is 0. The molecule has 0 aliphatic heterocycles. The molecule has 0 rings (SSSR count). The summed E-state index contributed by atoms with van der Waals surface area (Å²) in [6.45, 7) is 1.11. The Balaban J connectivity index is -0.000000150. The topological polar surface area (TPSA) is 104 Å². The van der Waals surface area contributed by atoms with Crippen molar-refractivity contribution in [2.24, 2.45) is 0 Å². The zero-order valence-electron chi connectivity index (χ0n) is 8.43. The number of aliphatic hydroxyl groups excluding tert-OH is 1. The first-order chi connectivity index (χ1) is 5.06. The molecule has 0 aromatic heterocycles. The molecule has 0 radical (unpaired) electrons. The summed E-state index contributed by atoms with van der Waals surface area (Å²) < 4.78 is 9.50. The average molecular weight is 239 g/mol. The third kappa shape index (κ3) is 57.9. The second-order valence-corrected chi connectivity index (χ2v) is 4.14. The van der Waals surface area contributed by atoms with E-state index in [9.17, 15) is 0 Å². The molecule has 0 aromatic carbocycles. The number of hydrogen-bond donors (Lipinski definition) is 2. The van der Waals surface area contributed by atoms with Gasteiger partial charge in [-0.3, -0.25) is 0 Å². The molecule has 0 atom stereocenters. The molecular formula is C5H15KNO5P. The van der Waals surface area contributed by atoms with E-state index in [-0.39, 0.29) is 58.0 Å². The first-order valence-corrected chi connectivity index (χ1v) is 4.72. The molecule has 0 fully saturated rings. The van der Waals surface area contributed by atoms with E-state index in [2.05, 4.69) is 21.1 Å². The maximum Gasteiger partial charge on any atom is 1.00 e. The number of rotatable bonds is 2. The minimum absolute atomic E-state index is 0. The van der Waals surface area contributed by atoms with Gasteiger partial charge in [0.1, 0.15) is 6.54 Å². The Labute approximate surface area is 121 Å². The van der Waals surface area contributed by atoms with Crippen LogP contribution in [-0.4, -0.2) is 48.8 Å². The Morgan fingerprint density at radius 2 is 1.54 bits per heavy atom. The van der Waals surface area contributed by atoms with Crippen LogP contribution in [0.5, 0.6) is 0 Å². The fraction of sp³-hybridized carbons (Fsp3) is 1.00. The Hall–Kier alpha value is 1.67. The molecule has 0 heterocycles. The van der Waals surface area contributed by atoms with Crippen LogP contribution in [0, 0.1) is 0 Å². The van der Waals surface area contributed by atoms with E-state index in [0.717, 1.165) is 11.0 Å². The van der Waals surface area contributed by atoms with Crippen molar-refractivity contribution < 1.29 is 80.2 Å². The monoisotopic (exact) mass is 239 g/mol. The van der Waals surface area contributed by atoms with Crippen molar-refractivity contribution in [3.8, 4) is 0 Å². The molecule has 0 saturated heterocycles. The largest absolute Gasteiger partial charge is 1.00 e. The molecule has 6 nitrogen and oxygen atoms in total. The summed E-state index contributed by atoms with van der Waals surface area (Å²) in [5.74, 6) is 0. The summed E-state index contributed by atoms with van der Waals surface area (Å²) in [7, 11) is 1.02. The van der Waals surface area contributed by atoms with Gasteiger partial charge in [-0.1, -0.05) is 0 Å². The van der Waals surface area contributed by atoms with Gasteiger partial charge < -0.3 is 28.8 Å². The zero-order valence-corrected chi connectivity index (χ0v) is 12.4. The van der Waals surface area contributed by atoms with Crippen LogP contribution < -0.4 is 61.2 Å². The fourth-order valence-electron chi connectivity index (χ4n) is 0.300. The van der Waals surface area contributed by atoms with Crippen LogP contribution in [0.25, 0.3) is 0 Å². The number of nitrogens with zero attached hydrogens (tertiary/aromatic N) is 1. The van der Waals surface area contributed by atoms with Crippen molar-refractivity contribution in [3.05, 3.63) is 0 Å². The summed E-state index contributed by atoms with van der Waals surface area (Å²) in [6, 6.07) is 0. The SMILES string of the molecule is C[N+](C)(C)CCO.O=P([O-])([O-])O.[K+]. The molecule has 2 N–H and O–H groups in total. The van der Waals surface area contributed by atoms with E-state index in [1.165, 1.54) is 0 Å². The predicted octanol–water partition coefficient (Wildman–Crippen LogP) is -5.50. The maximum absolute atomic E-state index is 8.66. The Morgan fingerprint density at radius 3 is 1.54 bits per heavy atom. The second kappa shape index (κ2) is 8.93.